The van der Waals surface area contributed by atoms with Gasteiger partial charge in [-0.2, -0.15) is 4.80 Å². The van der Waals surface area contributed by atoms with Crippen molar-refractivity contribution < 1.29 is 0 Å². The van der Waals surface area contributed by atoms with E-state index in [1.807, 2.05) is 7.05 Å². The van der Waals surface area contributed by atoms with Gasteiger partial charge in [0.05, 0.1) is 7.05 Å². The average molecular weight is 293 g/mol. The van der Waals surface area contributed by atoms with Gasteiger partial charge in [-0.05, 0) is 60.7 Å². The summed E-state index contributed by atoms with van der Waals surface area (Å²) in [5.41, 5.74) is 0.446. The monoisotopic (exact) mass is 293 g/mol. The predicted molar refractivity (Wildman–Crippen MR) is 84.8 cm³/mol. The highest BCUT2D eigenvalue weighted by molar-refractivity contribution is 4.91. The quantitative estimate of drug-likeness (QED) is 0.875. The van der Waals surface area contributed by atoms with E-state index in [0.29, 0.717) is 17.3 Å². The molecule has 120 valence electrons. The van der Waals surface area contributed by atoms with Gasteiger partial charge in [-0.15, -0.1) is 10.2 Å². The maximum atomic E-state index is 4.37. The van der Waals surface area contributed by atoms with Crippen molar-refractivity contribution in [3.05, 3.63) is 5.82 Å². The van der Waals surface area contributed by atoms with Gasteiger partial charge in [0.2, 0.25) is 0 Å². The van der Waals surface area contributed by atoms with Crippen LogP contribution in [0.1, 0.15) is 52.8 Å². The van der Waals surface area contributed by atoms with E-state index in [2.05, 4.69) is 48.4 Å². The minimum absolute atomic E-state index is 0.446. The van der Waals surface area contributed by atoms with Crippen LogP contribution in [0.5, 0.6) is 0 Å². The first kappa shape index (κ1) is 16.4. The van der Waals surface area contributed by atoms with Crippen LogP contribution in [-0.4, -0.2) is 33.3 Å². The van der Waals surface area contributed by atoms with Crippen LogP contribution < -0.4 is 5.32 Å². The molecular formula is C16H31N5. The normalized spacial score (nSPS) is 25.4. The predicted octanol–water partition coefficient (Wildman–Crippen LogP) is 2.44. The maximum Gasteiger partial charge on any atom is 0.175 e. The van der Waals surface area contributed by atoms with Crippen LogP contribution >= 0.6 is 0 Å². The molecule has 0 aromatic carbocycles. The largest absolute Gasteiger partial charge is 0.316 e. The second-order valence-electron chi connectivity index (χ2n) is 7.88. The third-order valence-electron chi connectivity index (χ3n) is 4.63. The summed E-state index contributed by atoms with van der Waals surface area (Å²) in [6.07, 6.45) is 4.86. The Hall–Kier alpha value is -0.970. The van der Waals surface area contributed by atoms with Crippen LogP contribution in [0, 0.1) is 23.2 Å². The van der Waals surface area contributed by atoms with E-state index in [1.165, 1.54) is 19.3 Å². The Morgan fingerprint density at radius 3 is 2.71 bits per heavy atom. The van der Waals surface area contributed by atoms with E-state index in [-0.39, 0.29) is 0 Å². The Balaban J connectivity index is 1.96. The number of nitrogens with zero attached hydrogens (tertiary/aromatic N) is 4. The first-order valence-corrected chi connectivity index (χ1v) is 8.29. The van der Waals surface area contributed by atoms with Crippen molar-refractivity contribution in [2.75, 3.05) is 13.1 Å². The molecule has 1 aliphatic rings. The van der Waals surface area contributed by atoms with E-state index in [1.54, 1.807) is 4.80 Å². The molecule has 0 aliphatic heterocycles. The van der Waals surface area contributed by atoms with Gasteiger partial charge in [-0.3, -0.25) is 0 Å². The van der Waals surface area contributed by atoms with Crippen LogP contribution in [0.15, 0.2) is 0 Å². The van der Waals surface area contributed by atoms with E-state index in [4.69, 9.17) is 0 Å². The molecule has 0 spiro atoms. The summed E-state index contributed by atoms with van der Waals surface area (Å²) in [6.45, 7) is 11.5. The molecule has 1 heterocycles. The minimum atomic E-state index is 0.446. The second kappa shape index (κ2) is 6.86. The van der Waals surface area contributed by atoms with Gasteiger partial charge in [-0.25, -0.2) is 0 Å². The fourth-order valence-corrected chi connectivity index (χ4v) is 3.49. The molecule has 1 aromatic heterocycles. The van der Waals surface area contributed by atoms with Gasteiger partial charge in [0.15, 0.2) is 5.82 Å². The number of nitrogens with one attached hydrogen (secondary N) is 1. The third kappa shape index (κ3) is 5.06. The third-order valence-corrected chi connectivity index (χ3v) is 4.63. The molecule has 1 saturated carbocycles. The summed E-state index contributed by atoms with van der Waals surface area (Å²) in [7, 11) is 1.84. The maximum absolute atomic E-state index is 4.37. The molecule has 21 heavy (non-hydrogen) atoms. The zero-order valence-electron chi connectivity index (χ0n) is 14.3. The van der Waals surface area contributed by atoms with Crippen molar-refractivity contribution in [2.24, 2.45) is 30.2 Å². The van der Waals surface area contributed by atoms with Crippen molar-refractivity contribution in [1.82, 2.24) is 25.5 Å². The SMILES string of the molecule is CC(C)CNCC1CCC(C)(C)CC1Cc1nnn(C)n1. The first-order chi connectivity index (χ1) is 9.85. The van der Waals surface area contributed by atoms with Crippen molar-refractivity contribution >= 4 is 0 Å². The second-order valence-corrected chi connectivity index (χ2v) is 7.88. The van der Waals surface area contributed by atoms with Gasteiger partial charge in [0, 0.05) is 6.42 Å². The van der Waals surface area contributed by atoms with E-state index < -0.39 is 0 Å². The molecule has 5 heteroatoms. The molecule has 1 aromatic rings. The Kier molecular flexibility index (Phi) is 5.36. The number of tetrazole rings is 1. The summed E-state index contributed by atoms with van der Waals surface area (Å²) < 4.78 is 0. The lowest BCUT2D eigenvalue weighted by Crippen LogP contribution is -2.38. The van der Waals surface area contributed by atoms with Gasteiger partial charge in [-0.1, -0.05) is 27.7 Å². The molecule has 2 atom stereocenters. The van der Waals surface area contributed by atoms with Crippen molar-refractivity contribution in [3.8, 4) is 0 Å². The van der Waals surface area contributed by atoms with E-state index >= 15 is 0 Å². The summed E-state index contributed by atoms with van der Waals surface area (Å²) in [5.74, 6) is 3.01. The van der Waals surface area contributed by atoms with E-state index in [0.717, 1.165) is 31.3 Å². The van der Waals surface area contributed by atoms with Gasteiger partial charge in [0.1, 0.15) is 0 Å². The topological polar surface area (TPSA) is 55.6 Å². The zero-order chi connectivity index (χ0) is 15.5. The molecule has 0 saturated heterocycles. The highest BCUT2D eigenvalue weighted by Crippen LogP contribution is 2.42. The molecule has 2 unspecified atom stereocenters. The minimum Gasteiger partial charge on any atom is -0.316 e. The van der Waals surface area contributed by atoms with Crippen molar-refractivity contribution in [2.45, 2.75) is 53.4 Å². The molecule has 0 amide bonds. The van der Waals surface area contributed by atoms with Crippen LogP contribution in [0.4, 0.5) is 0 Å². The number of aromatic nitrogens is 4. The Bertz CT molecular complexity index is 438. The summed E-state index contributed by atoms with van der Waals surface area (Å²) >= 11 is 0. The molecule has 0 bridgehead atoms. The molecule has 2 rings (SSSR count). The zero-order valence-corrected chi connectivity index (χ0v) is 14.3. The standard InChI is InChI=1S/C16H31N5/c1-12(2)10-17-11-13-6-7-16(3,4)9-14(13)8-15-18-20-21(5)19-15/h12-14,17H,6-11H2,1-5H3. The number of aryl methyl sites for hydroxylation is 1. The lowest BCUT2D eigenvalue weighted by atomic mass is 9.66. The molecule has 1 N–H and O–H groups in total. The molecule has 5 nitrogen and oxygen atoms in total. The van der Waals surface area contributed by atoms with Gasteiger partial charge >= 0.3 is 0 Å². The Labute approximate surface area is 128 Å². The lowest BCUT2D eigenvalue weighted by Gasteiger charge is -2.40. The highest BCUT2D eigenvalue weighted by atomic mass is 15.6. The van der Waals surface area contributed by atoms with Crippen LogP contribution in [0.2, 0.25) is 0 Å². The molecule has 1 fully saturated rings. The molecule has 0 radical (unpaired) electrons. The highest BCUT2D eigenvalue weighted by Gasteiger charge is 2.35. The Morgan fingerprint density at radius 1 is 1.33 bits per heavy atom. The summed E-state index contributed by atoms with van der Waals surface area (Å²) in [6, 6.07) is 0. The summed E-state index contributed by atoms with van der Waals surface area (Å²) in [4.78, 5) is 1.56. The van der Waals surface area contributed by atoms with Gasteiger partial charge in [0.25, 0.3) is 0 Å². The first-order valence-electron chi connectivity index (χ1n) is 8.29. The number of hydrogen-bond donors (Lipinski definition) is 1. The summed E-state index contributed by atoms with van der Waals surface area (Å²) in [5, 5.41) is 16.2. The van der Waals surface area contributed by atoms with Crippen LogP contribution in [0.25, 0.3) is 0 Å². The Morgan fingerprint density at radius 2 is 2.10 bits per heavy atom. The smallest absolute Gasteiger partial charge is 0.175 e. The fraction of sp³-hybridized carbons (Fsp3) is 0.938. The van der Waals surface area contributed by atoms with Crippen LogP contribution in [-0.2, 0) is 13.5 Å². The van der Waals surface area contributed by atoms with Crippen LogP contribution in [0.3, 0.4) is 0 Å². The molecular weight excluding hydrogens is 262 g/mol. The van der Waals surface area contributed by atoms with Crippen molar-refractivity contribution in [3.63, 3.8) is 0 Å². The number of rotatable bonds is 6. The molecule has 1 aliphatic carbocycles. The van der Waals surface area contributed by atoms with Crippen molar-refractivity contribution in [1.29, 1.82) is 0 Å². The van der Waals surface area contributed by atoms with Gasteiger partial charge < -0.3 is 5.32 Å². The lowest BCUT2D eigenvalue weighted by molar-refractivity contribution is 0.114. The van der Waals surface area contributed by atoms with E-state index in [9.17, 15) is 0 Å². The fourth-order valence-electron chi connectivity index (χ4n) is 3.49. The number of hydrogen-bond acceptors (Lipinski definition) is 4. The average Bonchev–Trinajstić information content (AvgIpc) is 2.76.